The number of ether oxygens (including phenoxy) is 4. The molecule has 1 heterocycles. The molecule has 0 saturated carbocycles. The Kier molecular flexibility index (Phi) is 21.0. The quantitative estimate of drug-likeness (QED) is 0.174. The van der Waals surface area contributed by atoms with Crippen LogP contribution in [0.5, 0.6) is 0 Å². The van der Waals surface area contributed by atoms with Gasteiger partial charge in [-0.25, -0.2) is 0 Å². The molecule has 0 aromatic carbocycles. The summed E-state index contributed by atoms with van der Waals surface area (Å²) in [6.07, 6.45) is 18.7. The van der Waals surface area contributed by atoms with E-state index in [4.69, 9.17) is 18.9 Å². The van der Waals surface area contributed by atoms with Crippen molar-refractivity contribution in [1.82, 2.24) is 0 Å². The summed E-state index contributed by atoms with van der Waals surface area (Å²) >= 11 is 0. The first kappa shape index (κ1) is 29.8. The van der Waals surface area contributed by atoms with Crippen LogP contribution in [0, 0.1) is 5.21 Å². The smallest absolute Gasteiger partial charge is 0.102 e. The Hall–Kier alpha value is -0.240. The molecule has 1 rings (SSSR count). The SMILES string of the molecule is CCCCCCCCCCCCCCCC[N+]1([O-])CCOCCOCCOCCOCC1. The van der Waals surface area contributed by atoms with Gasteiger partial charge in [-0.3, -0.25) is 0 Å². The number of unbranched alkanes of at least 4 members (excludes halogenated alkanes) is 13. The Labute approximate surface area is 198 Å². The molecule has 192 valence electrons. The molecular formula is C26H53NO5. The molecule has 0 aromatic rings. The van der Waals surface area contributed by atoms with Gasteiger partial charge in [-0.2, -0.15) is 0 Å². The van der Waals surface area contributed by atoms with Gasteiger partial charge in [0.1, 0.15) is 13.1 Å². The Balaban J connectivity index is 2.04. The van der Waals surface area contributed by atoms with Gasteiger partial charge < -0.3 is 28.8 Å². The lowest BCUT2D eigenvalue weighted by Crippen LogP contribution is -2.47. The van der Waals surface area contributed by atoms with E-state index in [1.54, 1.807) is 0 Å². The summed E-state index contributed by atoms with van der Waals surface area (Å²) in [6.45, 7) is 8.24. The standard InChI is InChI=1S/C26H53NO5/c1-2-3-4-5-6-7-8-9-10-11-12-13-14-15-16-27(28)17-19-29-21-23-31-25-26-32-24-22-30-20-18-27/h2-26H2,1H3. The molecule has 0 unspecified atom stereocenters. The summed E-state index contributed by atoms with van der Waals surface area (Å²) in [5.41, 5.74) is 0. The first-order valence-corrected chi connectivity index (χ1v) is 13.6. The first-order valence-electron chi connectivity index (χ1n) is 13.6. The molecule has 1 fully saturated rings. The van der Waals surface area contributed by atoms with Crippen LogP contribution in [-0.2, 0) is 18.9 Å². The van der Waals surface area contributed by atoms with E-state index >= 15 is 0 Å². The zero-order valence-electron chi connectivity index (χ0n) is 21.2. The Morgan fingerprint density at radius 1 is 0.469 bits per heavy atom. The van der Waals surface area contributed by atoms with Crippen molar-refractivity contribution in [3.63, 3.8) is 0 Å². The Bertz CT molecular complexity index is 367. The molecule has 0 radical (unpaired) electrons. The third kappa shape index (κ3) is 19.2. The van der Waals surface area contributed by atoms with Gasteiger partial charge in [-0.15, -0.1) is 0 Å². The minimum absolute atomic E-state index is 0.208. The molecule has 6 heteroatoms. The maximum Gasteiger partial charge on any atom is 0.102 e. The van der Waals surface area contributed by atoms with Crippen molar-refractivity contribution in [2.45, 2.75) is 96.8 Å². The lowest BCUT2D eigenvalue weighted by atomic mass is 10.0. The molecule has 0 amide bonds. The van der Waals surface area contributed by atoms with E-state index in [9.17, 15) is 5.21 Å². The summed E-state index contributed by atoms with van der Waals surface area (Å²) in [5.74, 6) is 0. The number of hydroxylamine groups is 3. The van der Waals surface area contributed by atoms with E-state index < -0.39 is 0 Å². The summed E-state index contributed by atoms with van der Waals surface area (Å²) in [6, 6.07) is 0. The second-order valence-electron chi connectivity index (χ2n) is 9.27. The topological polar surface area (TPSA) is 60.0 Å². The van der Waals surface area contributed by atoms with Crippen LogP contribution in [0.1, 0.15) is 96.8 Å². The van der Waals surface area contributed by atoms with Crippen LogP contribution < -0.4 is 0 Å². The van der Waals surface area contributed by atoms with Crippen LogP contribution in [0.4, 0.5) is 0 Å². The normalized spacial score (nSPS) is 19.3. The van der Waals surface area contributed by atoms with E-state index in [1.165, 1.54) is 77.0 Å². The maximum absolute atomic E-state index is 13.2. The van der Waals surface area contributed by atoms with Crippen molar-refractivity contribution in [2.75, 3.05) is 72.5 Å². The number of rotatable bonds is 15. The number of hydrogen-bond acceptors (Lipinski definition) is 5. The van der Waals surface area contributed by atoms with Crippen molar-refractivity contribution in [1.29, 1.82) is 0 Å². The van der Waals surface area contributed by atoms with Gasteiger partial charge in [-0.1, -0.05) is 84.0 Å². The van der Waals surface area contributed by atoms with Crippen molar-refractivity contribution in [3.8, 4) is 0 Å². The molecule has 0 N–H and O–H groups in total. The predicted molar refractivity (Wildman–Crippen MR) is 132 cm³/mol. The highest BCUT2D eigenvalue weighted by Gasteiger charge is 2.16. The number of quaternary nitrogens is 1. The molecule has 32 heavy (non-hydrogen) atoms. The van der Waals surface area contributed by atoms with Crippen LogP contribution in [0.15, 0.2) is 0 Å². The second kappa shape index (κ2) is 22.5. The molecule has 1 saturated heterocycles. The van der Waals surface area contributed by atoms with Crippen molar-refractivity contribution >= 4 is 0 Å². The molecule has 0 bridgehead atoms. The fourth-order valence-electron chi connectivity index (χ4n) is 4.15. The van der Waals surface area contributed by atoms with Crippen LogP contribution in [0.25, 0.3) is 0 Å². The average molecular weight is 460 g/mol. The lowest BCUT2D eigenvalue weighted by Gasteiger charge is -2.42. The molecule has 6 nitrogen and oxygen atoms in total. The molecule has 0 aliphatic carbocycles. The van der Waals surface area contributed by atoms with Gasteiger partial charge in [0.2, 0.25) is 0 Å². The maximum atomic E-state index is 13.2. The third-order valence-electron chi connectivity index (χ3n) is 6.32. The molecule has 0 atom stereocenters. The van der Waals surface area contributed by atoms with Gasteiger partial charge in [0, 0.05) is 0 Å². The van der Waals surface area contributed by atoms with E-state index in [0.29, 0.717) is 72.5 Å². The molecule has 1 aliphatic rings. The molecule has 1 aliphatic heterocycles. The van der Waals surface area contributed by atoms with E-state index in [0.717, 1.165) is 12.8 Å². The number of nitrogens with zero attached hydrogens (tertiary/aromatic N) is 1. The highest BCUT2D eigenvalue weighted by atomic mass is 16.6. The fraction of sp³-hybridized carbons (Fsp3) is 1.00. The van der Waals surface area contributed by atoms with Crippen molar-refractivity contribution in [3.05, 3.63) is 5.21 Å². The van der Waals surface area contributed by atoms with Crippen molar-refractivity contribution in [2.24, 2.45) is 0 Å². The monoisotopic (exact) mass is 459 g/mol. The summed E-state index contributed by atoms with van der Waals surface area (Å²) in [4.78, 5) is 0. The van der Waals surface area contributed by atoms with Gasteiger partial charge in [-0.05, 0) is 12.8 Å². The van der Waals surface area contributed by atoms with Gasteiger partial charge in [0.05, 0.1) is 59.4 Å². The van der Waals surface area contributed by atoms with Gasteiger partial charge >= 0.3 is 0 Å². The Morgan fingerprint density at radius 3 is 1.16 bits per heavy atom. The van der Waals surface area contributed by atoms with E-state index in [1.807, 2.05) is 0 Å². The predicted octanol–water partition coefficient (Wildman–Crippen LogP) is 5.86. The van der Waals surface area contributed by atoms with Crippen molar-refractivity contribution < 1.29 is 23.6 Å². The largest absolute Gasteiger partial charge is 0.633 e. The summed E-state index contributed by atoms with van der Waals surface area (Å²) < 4.78 is 21.9. The molecular weight excluding hydrogens is 406 g/mol. The molecule has 0 spiro atoms. The highest BCUT2D eigenvalue weighted by molar-refractivity contribution is 4.52. The number of hydrogen-bond donors (Lipinski definition) is 0. The van der Waals surface area contributed by atoms with E-state index in [2.05, 4.69) is 6.92 Å². The minimum atomic E-state index is -0.208. The summed E-state index contributed by atoms with van der Waals surface area (Å²) in [7, 11) is 0. The van der Waals surface area contributed by atoms with Crippen LogP contribution >= 0.6 is 0 Å². The van der Waals surface area contributed by atoms with Gasteiger partial charge in [0.25, 0.3) is 0 Å². The highest BCUT2D eigenvalue weighted by Crippen LogP contribution is 2.14. The zero-order chi connectivity index (χ0) is 23.0. The molecule has 0 aromatic heterocycles. The first-order chi connectivity index (χ1) is 15.8. The average Bonchev–Trinajstić information content (AvgIpc) is 2.80. The summed E-state index contributed by atoms with van der Waals surface area (Å²) in [5, 5.41) is 13.2. The van der Waals surface area contributed by atoms with Crippen LogP contribution in [0.3, 0.4) is 0 Å². The van der Waals surface area contributed by atoms with Crippen LogP contribution in [0.2, 0.25) is 0 Å². The zero-order valence-corrected chi connectivity index (χ0v) is 21.2. The lowest BCUT2D eigenvalue weighted by molar-refractivity contribution is -0.881. The second-order valence-corrected chi connectivity index (χ2v) is 9.27. The van der Waals surface area contributed by atoms with Crippen LogP contribution in [-0.4, -0.2) is 77.1 Å². The fourth-order valence-corrected chi connectivity index (χ4v) is 4.15. The minimum Gasteiger partial charge on any atom is -0.633 e. The van der Waals surface area contributed by atoms with Gasteiger partial charge in [0.15, 0.2) is 0 Å². The third-order valence-corrected chi connectivity index (χ3v) is 6.32. The van der Waals surface area contributed by atoms with E-state index in [-0.39, 0.29) is 4.65 Å². The Morgan fingerprint density at radius 2 is 0.781 bits per heavy atom.